The van der Waals surface area contributed by atoms with Gasteiger partial charge in [0.1, 0.15) is 0 Å². The third-order valence-corrected chi connectivity index (χ3v) is 2.04. The summed E-state index contributed by atoms with van der Waals surface area (Å²) in [6.07, 6.45) is -0.395. The van der Waals surface area contributed by atoms with Crippen molar-refractivity contribution in [2.75, 3.05) is 6.54 Å². The van der Waals surface area contributed by atoms with E-state index in [9.17, 15) is 9.59 Å². The molecular formula is C12H18N2O4. The van der Waals surface area contributed by atoms with Crippen LogP contribution in [0.5, 0.6) is 0 Å². The lowest BCUT2D eigenvalue weighted by Crippen LogP contribution is -2.21. The number of rotatable bonds is 5. The molecule has 1 atom stereocenters. The van der Waals surface area contributed by atoms with Crippen LogP contribution in [0.3, 0.4) is 0 Å². The molecule has 0 spiro atoms. The van der Waals surface area contributed by atoms with Crippen molar-refractivity contribution in [2.24, 2.45) is 11.5 Å². The fourth-order valence-electron chi connectivity index (χ4n) is 1.07. The number of hydrogen-bond donors (Lipinski definition) is 4. The molecule has 0 heterocycles. The molecule has 1 aromatic carbocycles. The van der Waals surface area contributed by atoms with Crippen molar-refractivity contribution in [3.63, 3.8) is 0 Å². The van der Waals surface area contributed by atoms with Crippen LogP contribution >= 0.6 is 0 Å². The molecule has 0 aliphatic heterocycles. The lowest BCUT2D eigenvalue weighted by atomic mass is 10.1. The van der Waals surface area contributed by atoms with Crippen LogP contribution in [-0.2, 0) is 16.0 Å². The van der Waals surface area contributed by atoms with Crippen molar-refractivity contribution in [1.82, 2.24) is 0 Å². The monoisotopic (exact) mass is 254 g/mol. The maximum atomic E-state index is 10.3. The van der Waals surface area contributed by atoms with Crippen molar-refractivity contribution in [3.8, 4) is 0 Å². The van der Waals surface area contributed by atoms with Crippen LogP contribution in [0.15, 0.2) is 30.3 Å². The molecule has 6 N–H and O–H groups in total. The number of aliphatic hydroxyl groups is 1. The SMILES string of the molecule is NCC(N)=O.O=C(O)C(O)CCc1ccccc1. The number of carboxylic acid groups (broad SMARTS) is 1. The highest BCUT2D eigenvalue weighted by Crippen LogP contribution is 2.04. The van der Waals surface area contributed by atoms with Crippen molar-refractivity contribution >= 4 is 11.9 Å². The number of aliphatic carboxylic acids is 1. The molecule has 0 aromatic heterocycles. The first kappa shape index (κ1) is 16.1. The van der Waals surface area contributed by atoms with E-state index < -0.39 is 18.0 Å². The number of carbonyl (C=O) groups is 2. The molecule has 1 rings (SSSR count). The Hall–Kier alpha value is -1.92. The number of carboxylic acids is 1. The van der Waals surface area contributed by atoms with E-state index in [1.54, 1.807) is 0 Å². The summed E-state index contributed by atoms with van der Waals surface area (Å²) in [6, 6.07) is 9.51. The van der Waals surface area contributed by atoms with E-state index >= 15 is 0 Å². The van der Waals surface area contributed by atoms with Gasteiger partial charge in [0.25, 0.3) is 0 Å². The third kappa shape index (κ3) is 8.26. The first-order valence-electron chi connectivity index (χ1n) is 5.40. The minimum Gasteiger partial charge on any atom is -0.479 e. The normalized spacial score (nSPS) is 11.0. The Morgan fingerprint density at radius 1 is 1.22 bits per heavy atom. The Bertz CT molecular complexity index is 368. The molecule has 18 heavy (non-hydrogen) atoms. The molecule has 0 fully saturated rings. The number of aliphatic hydroxyl groups excluding tert-OH is 1. The highest BCUT2D eigenvalue weighted by Gasteiger charge is 2.11. The summed E-state index contributed by atoms with van der Waals surface area (Å²) < 4.78 is 0. The molecule has 1 aromatic rings. The topological polar surface area (TPSA) is 127 Å². The summed E-state index contributed by atoms with van der Waals surface area (Å²) in [4.78, 5) is 19.7. The average molecular weight is 254 g/mol. The zero-order valence-electron chi connectivity index (χ0n) is 9.95. The maximum Gasteiger partial charge on any atom is 0.332 e. The zero-order valence-corrected chi connectivity index (χ0v) is 9.95. The smallest absolute Gasteiger partial charge is 0.332 e. The standard InChI is InChI=1S/C10H12O3.C2H6N2O/c11-9(10(12)13)7-6-8-4-2-1-3-5-8;3-1-2(4)5/h1-5,9,11H,6-7H2,(H,12,13);1,3H2,(H2,4,5). The molecule has 6 nitrogen and oxygen atoms in total. The van der Waals surface area contributed by atoms with Crippen LogP contribution in [0.1, 0.15) is 12.0 Å². The van der Waals surface area contributed by atoms with Gasteiger partial charge in [0.15, 0.2) is 6.10 Å². The minimum atomic E-state index is -1.25. The van der Waals surface area contributed by atoms with E-state index in [1.807, 2.05) is 30.3 Å². The molecule has 0 saturated carbocycles. The van der Waals surface area contributed by atoms with E-state index in [4.69, 9.17) is 15.9 Å². The molecule has 0 aliphatic rings. The van der Waals surface area contributed by atoms with Gasteiger partial charge in [-0.3, -0.25) is 4.79 Å². The summed E-state index contributed by atoms with van der Waals surface area (Å²) in [6.45, 7) is -0.0556. The van der Waals surface area contributed by atoms with Gasteiger partial charge in [-0.15, -0.1) is 0 Å². The summed E-state index contributed by atoms with van der Waals surface area (Å²) in [5, 5.41) is 17.4. The van der Waals surface area contributed by atoms with Gasteiger partial charge in [0.2, 0.25) is 5.91 Å². The second-order valence-corrected chi connectivity index (χ2v) is 3.55. The van der Waals surface area contributed by atoms with Gasteiger partial charge >= 0.3 is 5.97 Å². The van der Waals surface area contributed by atoms with Gasteiger partial charge in [0.05, 0.1) is 6.54 Å². The predicted octanol–water partition coefficient (Wildman–Crippen LogP) is -0.505. The summed E-state index contributed by atoms with van der Waals surface area (Å²) in [5.74, 6) is -1.62. The molecule has 0 radical (unpaired) electrons. The van der Waals surface area contributed by atoms with Crippen molar-refractivity contribution in [2.45, 2.75) is 18.9 Å². The van der Waals surface area contributed by atoms with Crippen LogP contribution < -0.4 is 11.5 Å². The van der Waals surface area contributed by atoms with Gasteiger partial charge in [-0.25, -0.2) is 4.79 Å². The van der Waals surface area contributed by atoms with Crippen molar-refractivity contribution < 1.29 is 19.8 Å². The number of aryl methyl sites for hydroxylation is 1. The highest BCUT2D eigenvalue weighted by molar-refractivity contribution is 5.75. The number of carbonyl (C=O) groups excluding carboxylic acids is 1. The van der Waals surface area contributed by atoms with Crippen LogP contribution in [0.2, 0.25) is 0 Å². The van der Waals surface area contributed by atoms with E-state index in [0.717, 1.165) is 5.56 Å². The summed E-state index contributed by atoms with van der Waals surface area (Å²) in [5.41, 5.74) is 10.3. The van der Waals surface area contributed by atoms with Gasteiger partial charge in [-0.1, -0.05) is 30.3 Å². The molecule has 1 amide bonds. The van der Waals surface area contributed by atoms with Gasteiger partial charge in [0, 0.05) is 0 Å². The van der Waals surface area contributed by atoms with Gasteiger partial charge < -0.3 is 21.7 Å². The lowest BCUT2D eigenvalue weighted by molar-refractivity contribution is -0.146. The Morgan fingerprint density at radius 3 is 2.11 bits per heavy atom. The van der Waals surface area contributed by atoms with Crippen molar-refractivity contribution in [3.05, 3.63) is 35.9 Å². The number of amides is 1. The fraction of sp³-hybridized carbons (Fsp3) is 0.333. The van der Waals surface area contributed by atoms with Gasteiger partial charge in [-0.2, -0.15) is 0 Å². The second kappa shape index (κ2) is 9.15. The van der Waals surface area contributed by atoms with Crippen LogP contribution in [0.25, 0.3) is 0 Å². The van der Waals surface area contributed by atoms with Crippen LogP contribution in [0.4, 0.5) is 0 Å². The second-order valence-electron chi connectivity index (χ2n) is 3.55. The first-order valence-corrected chi connectivity index (χ1v) is 5.40. The minimum absolute atomic E-state index is 0.0556. The van der Waals surface area contributed by atoms with Gasteiger partial charge in [-0.05, 0) is 18.4 Å². The zero-order chi connectivity index (χ0) is 14.0. The third-order valence-electron chi connectivity index (χ3n) is 2.04. The van der Waals surface area contributed by atoms with E-state index in [2.05, 4.69) is 5.73 Å². The number of benzene rings is 1. The molecule has 100 valence electrons. The largest absolute Gasteiger partial charge is 0.479 e. The van der Waals surface area contributed by atoms with Crippen LogP contribution in [-0.4, -0.2) is 34.7 Å². The fourth-order valence-corrected chi connectivity index (χ4v) is 1.07. The molecule has 0 bridgehead atoms. The highest BCUT2D eigenvalue weighted by atomic mass is 16.4. The average Bonchev–Trinajstić information content (AvgIpc) is 2.37. The predicted molar refractivity (Wildman–Crippen MR) is 66.7 cm³/mol. The Kier molecular flexibility index (Phi) is 8.17. The Balaban J connectivity index is 0.000000494. The van der Waals surface area contributed by atoms with Crippen LogP contribution in [0, 0.1) is 0 Å². The Morgan fingerprint density at radius 2 is 1.72 bits per heavy atom. The first-order chi connectivity index (χ1) is 8.47. The maximum absolute atomic E-state index is 10.3. The lowest BCUT2D eigenvalue weighted by Gasteiger charge is -2.04. The quantitative estimate of drug-likeness (QED) is 0.563. The summed E-state index contributed by atoms with van der Waals surface area (Å²) >= 11 is 0. The Labute approximate surface area is 105 Å². The number of primary amides is 1. The molecule has 1 unspecified atom stereocenters. The number of hydrogen-bond acceptors (Lipinski definition) is 4. The molecular weight excluding hydrogens is 236 g/mol. The molecule has 0 aliphatic carbocycles. The number of nitrogens with two attached hydrogens (primary N) is 2. The molecule has 0 saturated heterocycles. The summed E-state index contributed by atoms with van der Waals surface area (Å²) in [7, 11) is 0. The van der Waals surface area contributed by atoms with E-state index in [1.165, 1.54) is 0 Å². The van der Waals surface area contributed by atoms with E-state index in [-0.39, 0.29) is 13.0 Å². The van der Waals surface area contributed by atoms with Crippen molar-refractivity contribution in [1.29, 1.82) is 0 Å². The molecule has 6 heteroatoms. The van der Waals surface area contributed by atoms with E-state index in [0.29, 0.717) is 6.42 Å².